The predicted molar refractivity (Wildman–Crippen MR) is 207 cm³/mol. The highest BCUT2D eigenvalue weighted by atomic mass is 32.2. The van der Waals surface area contributed by atoms with Gasteiger partial charge in [-0.1, -0.05) is 12.1 Å². The first-order chi connectivity index (χ1) is 27.4. The number of alkyl carbamates (subject to hydrolysis) is 1. The number of nitrogens with zero attached hydrogens (tertiary/aromatic N) is 5. The van der Waals surface area contributed by atoms with Gasteiger partial charge in [-0.2, -0.15) is 11.8 Å². The first kappa shape index (κ1) is 41.9. The van der Waals surface area contributed by atoms with Crippen molar-refractivity contribution in [1.29, 1.82) is 0 Å². The maximum Gasteiger partial charge on any atom is 0.437 e. The molecule has 3 N–H and O–H groups in total. The van der Waals surface area contributed by atoms with Crippen LogP contribution in [0.25, 0.3) is 0 Å². The van der Waals surface area contributed by atoms with Gasteiger partial charge in [-0.3, -0.25) is 40.0 Å². The number of thioether (sulfide) groups is 1. The van der Waals surface area contributed by atoms with Gasteiger partial charge < -0.3 is 29.7 Å². The van der Waals surface area contributed by atoms with Crippen molar-refractivity contribution in [2.75, 3.05) is 40.3 Å². The normalized spacial score (nSPS) is 18.0. The minimum atomic E-state index is -1.16. The Bertz CT molecular complexity index is 1950. The molecule has 0 saturated carbocycles. The molecule has 2 aliphatic heterocycles. The first-order valence-electron chi connectivity index (χ1n) is 17.8. The molecule has 0 unspecified atom stereocenters. The van der Waals surface area contributed by atoms with Crippen LogP contribution in [0.15, 0.2) is 77.8 Å². The highest BCUT2D eigenvalue weighted by Gasteiger charge is 2.39. The number of benzene rings is 3. The fourth-order valence-corrected chi connectivity index (χ4v) is 7.40. The van der Waals surface area contributed by atoms with Crippen LogP contribution in [0.1, 0.15) is 29.5 Å². The van der Waals surface area contributed by atoms with E-state index in [0.717, 1.165) is 24.5 Å². The maximum absolute atomic E-state index is 13.5. The summed E-state index contributed by atoms with van der Waals surface area (Å²) in [6, 6.07) is 17.9. The van der Waals surface area contributed by atoms with Crippen LogP contribution in [0.2, 0.25) is 0 Å². The Morgan fingerprint density at radius 1 is 0.860 bits per heavy atom. The SMILES string of the molecule is COc1ccc(CS[C@H]2C[C@@H](C(=O)N3CC[C@H](NC(=O)CN/C(=N\C(=O)OCc4ccc([N+](=O)[O-])cc4)NC(=O)OCc4ccc([N+](=O)[O-])cc4)C3)N(C)C2)cc1. The molecule has 0 spiro atoms. The molecule has 0 aliphatic carbocycles. The number of ether oxygens (including phenoxy) is 3. The van der Waals surface area contributed by atoms with E-state index in [2.05, 4.69) is 25.8 Å². The second-order valence-corrected chi connectivity index (χ2v) is 14.5. The minimum Gasteiger partial charge on any atom is -0.497 e. The van der Waals surface area contributed by atoms with Crippen LogP contribution < -0.4 is 20.7 Å². The molecule has 2 fully saturated rings. The number of nitro benzene ring substituents is 2. The van der Waals surface area contributed by atoms with Gasteiger partial charge in [-0.05, 0) is 73.0 Å². The summed E-state index contributed by atoms with van der Waals surface area (Å²) in [6.45, 7) is 0.570. The average Bonchev–Trinajstić information content (AvgIpc) is 3.83. The third-order valence-corrected chi connectivity index (χ3v) is 10.5. The van der Waals surface area contributed by atoms with E-state index < -0.39 is 40.4 Å². The molecule has 20 heteroatoms. The number of nitro groups is 2. The topological polar surface area (TPSA) is 237 Å². The fraction of sp³-hybridized carbons (Fsp3) is 0.378. The molecule has 5 rings (SSSR count). The van der Waals surface area contributed by atoms with E-state index >= 15 is 0 Å². The van der Waals surface area contributed by atoms with E-state index in [4.69, 9.17) is 14.2 Å². The first-order valence-corrected chi connectivity index (χ1v) is 18.8. The highest BCUT2D eigenvalue weighted by Crippen LogP contribution is 2.31. The number of amides is 4. The molecule has 302 valence electrons. The average molecular weight is 807 g/mol. The number of likely N-dealkylation sites (N-methyl/N-ethyl adjacent to an activating group) is 1. The molecule has 3 aromatic rings. The highest BCUT2D eigenvalue weighted by molar-refractivity contribution is 7.99. The van der Waals surface area contributed by atoms with Crippen LogP contribution in [-0.2, 0) is 38.0 Å². The smallest absolute Gasteiger partial charge is 0.437 e. The standard InChI is InChI=1S/C37H42N8O11S/c1-42-20-31(57-23-26-7-13-30(54-2)14-8-26)17-32(42)34(47)43-16-15-27(19-43)39-33(46)18-38-35(40-36(48)55-21-24-3-9-28(10-4-24)44(50)51)41-37(49)56-22-25-5-11-29(12-6-25)45(52)53/h3-14,27,31-32H,15-23H2,1-2H3,(H,39,46)(H2,38,40,41,48,49)/t27-,31-,32-/m0/s1. The van der Waals surface area contributed by atoms with Gasteiger partial charge in [-0.25, -0.2) is 9.59 Å². The summed E-state index contributed by atoms with van der Waals surface area (Å²) in [6.07, 6.45) is -0.969. The number of methoxy groups -OCH3 is 1. The summed E-state index contributed by atoms with van der Waals surface area (Å²) in [5.41, 5.74) is 1.76. The van der Waals surface area contributed by atoms with Crippen molar-refractivity contribution in [3.63, 3.8) is 0 Å². The summed E-state index contributed by atoms with van der Waals surface area (Å²) < 4.78 is 15.5. The van der Waals surface area contributed by atoms with Crippen molar-refractivity contribution in [1.82, 2.24) is 25.8 Å². The molecule has 0 bridgehead atoms. The number of hydrogen-bond acceptors (Lipinski definition) is 13. The van der Waals surface area contributed by atoms with Gasteiger partial charge in [-0.15, -0.1) is 4.99 Å². The molecule has 4 amide bonds. The third-order valence-electron chi connectivity index (χ3n) is 9.17. The third kappa shape index (κ3) is 12.6. The molecule has 3 aromatic carbocycles. The number of nitrogens with one attached hydrogen (secondary N) is 3. The summed E-state index contributed by atoms with van der Waals surface area (Å²) >= 11 is 1.82. The summed E-state index contributed by atoms with van der Waals surface area (Å²) in [5.74, 6) is 0.660. The molecule has 2 saturated heterocycles. The number of rotatable bonds is 14. The molecule has 57 heavy (non-hydrogen) atoms. The lowest BCUT2D eigenvalue weighted by atomic mass is 10.2. The van der Waals surface area contributed by atoms with Gasteiger partial charge >= 0.3 is 12.2 Å². The number of likely N-dealkylation sites (tertiary alicyclic amines) is 2. The van der Waals surface area contributed by atoms with Crippen LogP contribution in [0.3, 0.4) is 0 Å². The lowest BCUT2D eigenvalue weighted by Gasteiger charge is -2.25. The second kappa shape index (κ2) is 20.1. The zero-order valence-corrected chi connectivity index (χ0v) is 32.0. The second-order valence-electron chi connectivity index (χ2n) is 13.2. The molecule has 2 heterocycles. The zero-order chi connectivity index (χ0) is 40.9. The van der Waals surface area contributed by atoms with Crippen LogP contribution in [0.5, 0.6) is 5.75 Å². The molecular formula is C37H42N8O11S. The number of aliphatic imine (C=N–C) groups is 1. The Hall–Kier alpha value is -6.28. The zero-order valence-electron chi connectivity index (χ0n) is 31.2. The van der Waals surface area contributed by atoms with Gasteiger partial charge in [0.1, 0.15) is 19.0 Å². The van der Waals surface area contributed by atoms with E-state index in [1.807, 2.05) is 43.1 Å². The minimum absolute atomic E-state index is 0.0121. The van der Waals surface area contributed by atoms with Gasteiger partial charge in [0.25, 0.3) is 11.4 Å². The molecular weight excluding hydrogens is 765 g/mol. The lowest BCUT2D eigenvalue weighted by Crippen LogP contribution is -2.48. The quantitative estimate of drug-likeness (QED) is 0.0911. The Kier molecular flexibility index (Phi) is 14.7. The monoisotopic (exact) mass is 806 g/mol. The van der Waals surface area contributed by atoms with Crippen LogP contribution in [0.4, 0.5) is 21.0 Å². The van der Waals surface area contributed by atoms with E-state index in [-0.39, 0.29) is 42.6 Å². The van der Waals surface area contributed by atoms with Gasteiger partial charge in [0.15, 0.2) is 0 Å². The lowest BCUT2D eigenvalue weighted by molar-refractivity contribution is -0.385. The van der Waals surface area contributed by atoms with Crippen molar-refractivity contribution >= 4 is 53.1 Å². The van der Waals surface area contributed by atoms with E-state index in [1.165, 1.54) is 54.1 Å². The van der Waals surface area contributed by atoms with Gasteiger partial charge in [0.05, 0.1) is 29.5 Å². The Morgan fingerprint density at radius 2 is 1.46 bits per heavy atom. The molecule has 3 atom stereocenters. The maximum atomic E-state index is 13.5. The van der Waals surface area contributed by atoms with Crippen molar-refractivity contribution in [3.05, 3.63) is 110 Å². The van der Waals surface area contributed by atoms with Gasteiger partial charge in [0, 0.05) is 60.9 Å². The molecule has 2 aliphatic rings. The number of carbonyl (C=O) groups excluding carboxylic acids is 4. The predicted octanol–water partition coefficient (Wildman–Crippen LogP) is 3.74. The Labute approximate surface area is 331 Å². The number of guanidine groups is 1. The van der Waals surface area contributed by atoms with E-state index in [1.54, 1.807) is 12.0 Å². The van der Waals surface area contributed by atoms with Crippen molar-refractivity contribution in [2.45, 2.75) is 49.1 Å². The fourth-order valence-electron chi connectivity index (χ4n) is 6.12. The van der Waals surface area contributed by atoms with Gasteiger partial charge in [0.2, 0.25) is 17.8 Å². The number of non-ortho nitro benzene ring substituents is 2. The van der Waals surface area contributed by atoms with Crippen LogP contribution in [-0.4, -0.2) is 107 Å². The van der Waals surface area contributed by atoms with Crippen LogP contribution in [0, 0.1) is 20.2 Å². The van der Waals surface area contributed by atoms with E-state index in [9.17, 15) is 39.4 Å². The Morgan fingerprint density at radius 3 is 2.05 bits per heavy atom. The van der Waals surface area contributed by atoms with Crippen molar-refractivity contribution in [2.24, 2.45) is 4.99 Å². The largest absolute Gasteiger partial charge is 0.497 e. The molecule has 19 nitrogen and oxygen atoms in total. The molecule has 0 radical (unpaired) electrons. The van der Waals surface area contributed by atoms with Crippen LogP contribution >= 0.6 is 11.8 Å². The number of carbonyl (C=O) groups is 4. The van der Waals surface area contributed by atoms with Crippen molar-refractivity contribution < 1.29 is 43.2 Å². The summed E-state index contributed by atoms with van der Waals surface area (Å²) in [4.78, 5) is 80.0. The molecule has 0 aromatic heterocycles. The summed E-state index contributed by atoms with van der Waals surface area (Å²) in [7, 11) is 3.58. The van der Waals surface area contributed by atoms with E-state index in [0.29, 0.717) is 35.9 Å². The number of hydrogen-bond donors (Lipinski definition) is 3. The summed E-state index contributed by atoms with van der Waals surface area (Å²) in [5, 5.41) is 29.8. The van der Waals surface area contributed by atoms with Crippen molar-refractivity contribution in [3.8, 4) is 5.75 Å². The Balaban J connectivity index is 1.11.